The van der Waals surface area contributed by atoms with E-state index in [2.05, 4.69) is 213 Å². The molecule has 3 aromatic heterocycles. The van der Waals surface area contributed by atoms with Gasteiger partial charge in [0.25, 0.3) is 0 Å². The third-order valence-corrected chi connectivity index (χ3v) is 13.7. The molecular formula is C64H48N6. The van der Waals surface area contributed by atoms with E-state index in [0.717, 1.165) is 105 Å². The van der Waals surface area contributed by atoms with Crippen molar-refractivity contribution in [2.45, 2.75) is 41.5 Å². The second-order valence-corrected chi connectivity index (χ2v) is 18.8. The van der Waals surface area contributed by atoms with E-state index in [1.54, 1.807) is 0 Å². The SMILES string of the molecule is Cc1cccc(-c2ccc3c4ccc(-c5cccc(C)c5)cc4n(-c4cc(C#N)cc(-n5c6cc(-c7cccc(C)c7)ccc6c6ccc(-c7cccc(C)c7)cc65)c4-c4nc(C)nc(C)n4)c3c2)c1. The van der Waals surface area contributed by atoms with E-state index >= 15 is 0 Å². The average molecular weight is 901 g/mol. The lowest BCUT2D eigenvalue weighted by atomic mass is 10.0. The fourth-order valence-corrected chi connectivity index (χ4v) is 10.6. The van der Waals surface area contributed by atoms with Crippen molar-refractivity contribution in [3.63, 3.8) is 0 Å². The van der Waals surface area contributed by atoms with Crippen molar-refractivity contribution in [3.05, 3.63) is 221 Å². The standard InChI is InChI=1S/C64H48N6/c1-38-11-7-15-45(27-38)49-19-23-53-54-24-20-50(46-16-8-12-39(2)28-46)34-58(54)69(57(53)33-49)61-31-44(37-65)32-62(63(61)64-67-42(5)66-43(6)68-64)70-59-35-51(47-17-9-13-40(3)29-47)21-25-55(59)56-26-22-52(36-60(56)70)48-18-10-14-41(4)30-48/h7-36H,1-6H3. The molecule has 0 atom stereocenters. The van der Waals surface area contributed by atoms with Crippen molar-refractivity contribution < 1.29 is 0 Å². The van der Waals surface area contributed by atoms with E-state index in [1.165, 1.54) is 22.3 Å². The molecule has 0 saturated heterocycles. The first kappa shape index (κ1) is 42.4. The molecule has 0 spiro atoms. The summed E-state index contributed by atoms with van der Waals surface area (Å²) < 4.78 is 4.70. The Hall–Kier alpha value is -8.92. The lowest BCUT2D eigenvalue weighted by Gasteiger charge is -2.20. The predicted octanol–water partition coefficient (Wildman–Crippen LogP) is 16.1. The maximum atomic E-state index is 11.2. The van der Waals surface area contributed by atoms with Crippen LogP contribution in [0.2, 0.25) is 0 Å². The Labute approximate surface area is 407 Å². The molecule has 0 fully saturated rings. The van der Waals surface area contributed by atoms with Crippen molar-refractivity contribution in [2.24, 2.45) is 0 Å². The van der Waals surface area contributed by atoms with E-state index in [0.29, 0.717) is 23.0 Å². The number of fused-ring (bicyclic) bond motifs is 6. The van der Waals surface area contributed by atoms with Gasteiger partial charge in [-0.3, -0.25) is 0 Å². The number of benzene rings is 9. The van der Waals surface area contributed by atoms with Crippen molar-refractivity contribution in [1.29, 1.82) is 5.26 Å². The first-order chi connectivity index (χ1) is 34.1. The number of hydrogen-bond acceptors (Lipinski definition) is 4. The number of aromatic nitrogens is 5. The van der Waals surface area contributed by atoms with Gasteiger partial charge in [-0.2, -0.15) is 5.26 Å². The molecule has 0 aliphatic rings. The second-order valence-electron chi connectivity index (χ2n) is 18.8. The van der Waals surface area contributed by atoms with Crippen LogP contribution in [0.3, 0.4) is 0 Å². The van der Waals surface area contributed by atoms with Gasteiger partial charge in [0.2, 0.25) is 0 Å². The maximum Gasteiger partial charge on any atom is 0.167 e. The van der Waals surface area contributed by atoms with Crippen LogP contribution in [0.25, 0.3) is 111 Å². The van der Waals surface area contributed by atoms with Crippen LogP contribution >= 0.6 is 0 Å². The molecule has 12 aromatic rings. The molecule has 9 aromatic carbocycles. The van der Waals surface area contributed by atoms with Crippen LogP contribution in [0.15, 0.2) is 182 Å². The third-order valence-electron chi connectivity index (χ3n) is 13.7. The summed E-state index contributed by atoms with van der Waals surface area (Å²) in [6, 6.07) is 68.4. The summed E-state index contributed by atoms with van der Waals surface area (Å²) in [6.45, 7) is 12.4. The van der Waals surface area contributed by atoms with E-state index in [9.17, 15) is 5.26 Å². The molecule has 3 heterocycles. The highest BCUT2D eigenvalue weighted by molar-refractivity contribution is 6.14. The summed E-state index contributed by atoms with van der Waals surface area (Å²) in [4.78, 5) is 15.1. The predicted molar refractivity (Wildman–Crippen MR) is 289 cm³/mol. The number of nitriles is 1. The fraction of sp³-hybridized carbons (Fsp3) is 0.0938. The Morgan fingerprint density at radius 3 is 0.929 bits per heavy atom. The van der Waals surface area contributed by atoms with Gasteiger partial charge in [0.05, 0.1) is 50.6 Å². The molecule has 334 valence electrons. The van der Waals surface area contributed by atoms with Gasteiger partial charge in [0, 0.05) is 21.5 Å². The van der Waals surface area contributed by atoms with Crippen LogP contribution in [0.5, 0.6) is 0 Å². The van der Waals surface area contributed by atoms with Gasteiger partial charge in [0.15, 0.2) is 5.82 Å². The summed E-state index contributed by atoms with van der Waals surface area (Å²) >= 11 is 0. The molecule has 12 rings (SSSR count). The zero-order chi connectivity index (χ0) is 47.8. The van der Waals surface area contributed by atoms with Gasteiger partial charge in [-0.05, 0) is 122 Å². The van der Waals surface area contributed by atoms with Gasteiger partial charge in [-0.25, -0.2) is 15.0 Å². The van der Waals surface area contributed by atoms with Gasteiger partial charge < -0.3 is 9.13 Å². The lowest BCUT2D eigenvalue weighted by molar-refractivity contribution is 0.924. The quantitative estimate of drug-likeness (QED) is 0.160. The normalized spacial score (nSPS) is 11.6. The van der Waals surface area contributed by atoms with E-state index < -0.39 is 0 Å². The summed E-state index contributed by atoms with van der Waals surface area (Å²) in [6.07, 6.45) is 0. The Balaban J connectivity index is 1.26. The number of rotatable bonds is 7. The highest BCUT2D eigenvalue weighted by Gasteiger charge is 2.26. The third kappa shape index (κ3) is 7.31. The number of hydrogen-bond donors (Lipinski definition) is 0. The molecule has 0 radical (unpaired) electrons. The molecule has 0 amide bonds. The van der Waals surface area contributed by atoms with Gasteiger partial charge in [0.1, 0.15) is 11.6 Å². The summed E-state index contributed by atoms with van der Waals surface area (Å²) in [5, 5.41) is 15.6. The Bertz CT molecular complexity index is 3700. The van der Waals surface area contributed by atoms with Gasteiger partial charge in [-0.1, -0.05) is 168 Å². The number of nitrogens with zero attached hydrogens (tertiary/aromatic N) is 6. The van der Waals surface area contributed by atoms with E-state index in [1.807, 2.05) is 26.0 Å². The Morgan fingerprint density at radius 2 is 0.643 bits per heavy atom. The fourth-order valence-electron chi connectivity index (χ4n) is 10.6. The first-order valence-electron chi connectivity index (χ1n) is 23.8. The van der Waals surface area contributed by atoms with Crippen molar-refractivity contribution in [1.82, 2.24) is 24.1 Å². The average Bonchev–Trinajstić information content (AvgIpc) is 3.86. The molecule has 0 aliphatic heterocycles. The molecule has 0 unspecified atom stereocenters. The smallest absolute Gasteiger partial charge is 0.167 e. The Kier molecular flexibility index (Phi) is 10.1. The molecule has 0 saturated carbocycles. The molecule has 0 aliphatic carbocycles. The zero-order valence-corrected chi connectivity index (χ0v) is 40.0. The van der Waals surface area contributed by atoms with Crippen molar-refractivity contribution >= 4 is 43.6 Å². The van der Waals surface area contributed by atoms with Crippen molar-refractivity contribution in [3.8, 4) is 73.3 Å². The highest BCUT2D eigenvalue weighted by atomic mass is 15.1. The van der Waals surface area contributed by atoms with Gasteiger partial charge in [-0.15, -0.1) is 0 Å². The van der Waals surface area contributed by atoms with Crippen LogP contribution in [-0.4, -0.2) is 24.1 Å². The maximum absolute atomic E-state index is 11.2. The van der Waals surface area contributed by atoms with Crippen LogP contribution < -0.4 is 0 Å². The van der Waals surface area contributed by atoms with E-state index in [-0.39, 0.29) is 0 Å². The van der Waals surface area contributed by atoms with Gasteiger partial charge >= 0.3 is 0 Å². The zero-order valence-electron chi connectivity index (χ0n) is 40.0. The largest absolute Gasteiger partial charge is 0.308 e. The minimum atomic E-state index is 0.510. The Morgan fingerprint density at radius 1 is 0.343 bits per heavy atom. The molecule has 0 bridgehead atoms. The molecule has 0 N–H and O–H groups in total. The summed E-state index contributed by atoms with van der Waals surface area (Å²) in [5.41, 5.74) is 20.6. The molecule has 6 heteroatoms. The summed E-state index contributed by atoms with van der Waals surface area (Å²) in [5.74, 6) is 1.75. The topological polar surface area (TPSA) is 72.3 Å². The first-order valence-corrected chi connectivity index (χ1v) is 23.8. The number of aryl methyl sites for hydroxylation is 6. The van der Waals surface area contributed by atoms with E-state index in [4.69, 9.17) is 15.0 Å². The van der Waals surface area contributed by atoms with Crippen LogP contribution in [-0.2, 0) is 0 Å². The van der Waals surface area contributed by atoms with Crippen molar-refractivity contribution in [2.75, 3.05) is 0 Å². The molecular weight excluding hydrogens is 853 g/mol. The molecule has 70 heavy (non-hydrogen) atoms. The monoisotopic (exact) mass is 900 g/mol. The highest BCUT2D eigenvalue weighted by Crippen LogP contribution is 2.45. The van der Waals surface area contributed by atoms with Crippen LogP contribution in [0, 0.1) is 52.9 Å². The minimum Gasteiger partial charge on any atom is -0.308 e. The molecule has 6 nitrogen and oxygen atoms in total. The lowest BCUT2D eigenvalue weighted by Crippen LogP contribution is -2.08. The minimum absolute atomic E-state index is 0.510. The summed E-state index contributed by atoms with van der Waals surface area (Å²) in [7, 11) is 0. The van der Waals surface area contributed by atoms with Crippen LogP contribution in [0.1, 0.15) is 39.5 Å². The second kappa shape index (κ2) is 16.7. The van der Waals surface area contributed by atoms with Crippen LogP contribution in [0.4, 0.5) is 0 Å².